The minimum atomic E-state index is -0.496. The standard InChI is InChI=1S/C14H17ClFN3OS/c1-14(2,3)17-13(21)19-18-12(20)8-7-9-10(15)5-4-6-11(9)16/h4-8H,1-3H3,(H,18,20)(H2,17,19,21)/b8-7+. The van der Waals surface area contributed by atoms with Crippen molar-refractivity contribution in [1.82, 2.24) is 16.2 Å². The lowest BCUT2D eigenvalue weighted by atomic mass is 10.1. The van der Waals surface area contributed by atoms with Crippen molar-refractivity contribution in [3.8, 4) is 0 Å². The number of nitrogens with one attached hydrogen (secondary N) is 3. The molecule has 4 nitrogen and oxygen atoms in total. The largest absolute Gasteiger partial charge is 0.357 e. The molecular formula is C14H17ClFN3OS. The quantitative estimate of drug-likeness (QED) is 0.444. The Morgan fingerprint density at radius 3 is 2.57 bits per heavy atom. The molecule has 0 saturated heterocycles. The normalized spacial score (nSPS) is 11.3. The van der Waals surface area contributed by atoms with Crippen LogP contribution in [0.1, 0.15) is 26.3 Å². The summed E-state index contributed by atoms with van der Waals surface area (Å²) in [5.74, 6) is -0.975. The van der Waals surface area contributed by atoms with E-state index in [1.54, 1.807) is 6.07 Å². The summed E-state index contributed by atoms with van der Waals surface area (Å²) in [6.07, 6.45) is 2.46. The minimum absolute atomic E-state index is 0.157. The maximum atomic E-state index is 13.5. The molecule has 1 aromatic carbocycles. The summed E-state index contributed by atoms with van der Waals surface area (Å²) >= 11 is 10.8. The third-order valence-electron chi connectivity index (χ3n) is 2.19. The van der Waals surface area contributed by atoms with Crippen molar-refractivity contribution in [2.24, 2.45) is 0 Å². The first-order valence-corrected chi connectivity index (χ1v) is 6.98. The Bertz CT molecular complexity index is 550. The van der Waals surface area contributed by atoms with Crippen LogP contribution in [0.25, 0.3) is 6.08 Å². The van der Waals surface area contributed by atoms with E-state index in [9.17, 15) is 9.18 Å². The van der Waals surface area contributed by atoms with Gasteiger partial charge in [0.1, 0.15) is 5.82 Å². The van der Waals surface area contributed by atoms with Crippen molar-refractivity contribution >= 4 is 40.9 Å². The summed E-state index contributed by atoms with van der Waals surface area (Å²) in [6, 6.07) is 4.31. The minimum Gasteiger partial charge on any atom is -0.357 e. The molecule has 0 saturated carbocycles. The molecule has 0 spiro atoms. The van der Waals surface area contributed by atoms with Gasteiger partial charge in [0.25, 0.3) is 5.91 Å². The van der Waals surface area contributed by atoms with Gasteiger partial charge in [0.05, 0.1) is 5.02 Å². The molecule has 0 aliphatic carbocycles. The van der Waals surface area contributed by atoms with Gasteiger partial charge in [-0.2, -0.15) is 0 Å². The first-order chi connectivity index (χ1) is 9.69. The van der Waals surface area contributed by atoms with Crippen molar-refractivity contribution in [2.45, 2.75) is 26.3 Å². The van der Waals surface area contributed by atoms with E-state index in [1.807, 2.05) is 20.8 Å². The highest BCUT2D eigenvalue weighted by Gasteiger charge is 2.11. The molecule has 0 aliphatic heterocycles. The van der Waals surface area contributed by atoms with Gasteiger partial charge in [-0.3, -0.25) is 15.6 Å². The molecule has 7 heteroatoms. The number of carbonyl (C=O) groups is 1. The molecule has 1 aromatic rings. The molecule has 0 atom stereocenters. The summed E-state index contributed by atoms with van der Waals surface area (Å²) in [6.45, 7) is 5.80. The first-order valence-electron chi connectivity index (χ1n) is 6.19. The molecule has 0 fully saturated rings. The van der Waals surface area contributed by atoms with Crippen molar-refractivity contribution in [1.29, 1.82) is 0 Å². The number of benzene rings is 1. The van der Waals surface area contributed by atoms with Gasteiger partial charge in [0, 0.05) is 17.2 Å². The summed E-state index contributed by atoms with van der Waals surface area (Å²) in [7, 11) is 0. The van der Waals surface area contributed by atoms with Crippen LogP contribution < -0.4 is 16.2 Å². The van der Waals surface area contributed by atoms with Crippen LogP contribution in [0.15, 0.2) is 24.3 Å². The average molecular weight is 330 g/mol. The van der Waals surface area contributed by atoms with Gasteiger partial charge in [0.15, 0.2) is 5.11 Å². The van der Waals surface area contributed by atoms with E-state index in [2.05, 4.69) is 16.2 Å². The van der Waals surface area contributed by atoms with E-state index in [0.717, 1.165) is 6.08 Å². The number of carbonyl (C=O) groups excluding carboxylic acids is 1. The second-order valence-corrected chi connectivity index (χ2v) is 6.10. The molecule has 21 heavy (non-hydrogen) atoms. The van der Waals surface area contributed by atoms with E-state index in [0.29, 0.717) is 0 Å². The number of thiocarbonyl (C=S) groups is 1. The highest BCUT2D eigenvalue weighted by atomic mass is 35.5. The Balaban J connectivity index is 2.55. The van der Waals surface area contributed by atoms with Gasteiger partial charge in [-0.15, -0.1) is 0 Å². The third kappa shape index (κ3) is 6.55. The van der Waals surface area contributed by atoms with Crippen molar-refractivity contribution < 1.29 is 9.18 Å². The lowest BCUT2D eigenvalue weighted by Gasteiger charge is -2.22. The van der Waals surface area contributed by atoms with Crippen LogP contribution in [-0.4, -0.2) is 16.6 Å². The Morgan fingerprint density at radius 2 is 2.00 bits per heavy atom. The second kappa shape index (κ2) is 7.38. The predicted octanol–water partition coefficient (Wildman–Crippen LogP) is 2.79. The molecular weight excluding hydrogens is 313 g/mol. The van der Waals surface area contributed by atoms with Gasteiger partial charge >= 0.3 is 0 Å². The number of rotatable bonds is 2. The van der Waals surface area contributed by atoms with Crippen molar-refractivity contribution in [3.63, 3.8) is 0 Å². The van der Waals surface area contributed by atoms with Crippen molar-refractivity contribution in [3.05, 3.63) is 40.7 Å². The van der Waals surface area contributed by atoms with Crippen LogP contribution in [-0.2, 0) is 4.79 Å². The van der Waals surface area contributed by atoms with Crippen LogP contribution in [0.5, 0.6) is 0 Å². The number of hydrogen-bond donors (Lipinski definition) is 3. The number of amides is 1. The number of hydrogen-bond acceptors (Lipinski definition) is 2. The highest BCUT2D eigenvalue weighted by molar-refractivity contribution is 7.80. The zero-order valence-corrected chi connectivity index (χ0v) is 13.5. The molecule has 3 N–H and O–H groups in total. The van der Waals surface area contributed by atoms with Gasteiger partial charge < -0.3 is 5.32 Å². The van der Waals surface area contributed by atoms with Gasteiger partial charge in [0.2, 0.25) is 0 Å². The smallest absolute Gasteiger partial charge is 0.262 e. The Hall–Kier alpha value is -1.66. The molecule has 0 unspecified atom stereocenters. The first kappa shape index (κ1) is 17.4. The summed E-state index contributed by atoms with van der Waals surface area (Å²) in [4.78, 5) is 11.6. The van der Waals surface area contributed by atoms with E-state index < -0.39 is 11.7 Å². The molecule has 0 bridgehead atoms. The fourth-order valence-electron chi connectivity index (χ4n) is 1.36. The second-order valence-electron chi connectivity index (χ2n) is 5.29. The maximum Gasteiger partial charge on any atom is 0.262 e. The molecule has 1 rings (SSSR count). The maximum absolute atomic E-state index is 13.5. The van der Waals surface area contributed by atoms with Crippen LogP contribution in [0, 0.1) is 5.82 Å². The summed E-state index contributed by atoms with van der Waals surface area (Å²) in [5.41, 5.74) is 4.86. The van der Waals surface area contributed by atoms with E-state index in [1.165, 1.54) is 18.2 Å². The van der Waals surface area contributed by atoms with E-state index in [-0.39, 0.29) is 21.2 Å². The molecule has 0 aliphatic rings. The Labute approximate surface area is 133 Å². The third-order valence-corrected chi connectivity index (χ3v) is 2.72. The van der Waals surface area contributed by atoms with E-state index >= 15 is 0 Å². The fourth-order valence-corrected chi connectivity index (χ4v) is 1.94. The van der Waals surface area contributed by atoms with Crippen molar-refractivity contribution in [2.75, 3.05) is 0 Å². The monoisotopic (exact) mass is 329 g/mol. The molecule has 1 amide bonds. The molecule has 0 heterocycles. The molecule has 0 aromatic heterocycles. The zero-order valence-electron chi connectivity index (χ0n) is 12.0. The zero-order chi connectivity index (χ0) is 16.0. The average Bonchev–Trinajstić information content (AvgIpc) is 2.33. The fraction of sp³-hybridized carbons (Fsp3) is 0.286. The van der Waals surface area contributed by atoms with Gasteiger partial charge in [-0.05, 0) is 51.2 Å². The Morgan fingerprint density at radius 1 is 1.33 bits per heavy atom. The van der Waals surface area contributed by atoms with Crippen LogP contribution in [0.3, 0.4) is 0 Å². The van der Waals surface area contributed by atoms with Gasteiger partial charge in [-0.25, -0.2) is 4.39 Å². The summed E-state index contributed by atoms with van der Waals surface area (Å²) < 4.78 is 13.5. The van der Waals surface area contributed by atoms with E-state index in [4.69, 9.17) is 23.8 Å². The SMILES string of the molecule is CC(C)(C)NC(=S)NNC(=O)/C=C/c1c(F)cccc1Cl. The van der Waals surface area contributed by atoms with Gasteiger partial charge in [-0.1, -0.05) is 17.7 Å². The lowest BCUT2D eigenvalue weighted by Crippen LogP contribution is -2.51. The molecule has 114 valence electrons. The van der Waals surface area contributed by atoms with Crippen LogP contribution in [0.2, 0.25) is 5.02 Å². The molecule has 0 radical (unpaired) electrons. The Kier molecular flexibility index (Phi) is 6.11. The predicted molar refractivity (Wildman–Crippen MR) is 87.2 cm³/mol. The highest BCUT2D eigenvalue weighted by Crippen LogP contribution is 2.20. The number of hydrazine groups is 1. The van der Waals surface area contributed by atoms with Crippen LogP contribution >= 0.6 is 23.8 Å². The summed E-state index contributed by atoms with van der Waals surface area (Å²) in [5, 5.41) is 3.49. The lowest BCUT2D eigenvalue weighted by molar-refractivity contribution is -0.117. The van der Waals surface area contributed by atoms with Crippen LogP contribution in [0.4, 0.5) is 4.39 Å². The number of halogens is 2. The topological polar surface area (TPSA) is 53.2 Å².